The van der Waals surface area contributed by atoms with E-state index in [0.29, 0.717) is 0 Å². The van der Waals surface area contributed by atoms with Crippen LogP contribution >= 0.6 is 0 Å². The number of anilines is 2. The highest BCUT2D eigenvalue weighted by Crippen LogP contribution is 2.16. The Bertz CT molecular complexity index is 493. The normalized spacial score (nSPS) is 10.6. The summed E-state index contributed by atoms with van der Waals surface area (Å²) in [7, 11) is 1.72. The Kier molecular flexibility index (Phi) is 4.36. The van der Waals surface area contributed by atoms with Crippen LogP contribution in [0.1, 0.15) is 12.0 Å². The van der Waals surface area contributed by atoms with Gasteiger partial charge in [0, 0.05) is 38.3 Å². The first-order chi connectivity index (χ1) is 8.79. The van der Waals surface area contributed by atoms with Crippen molar-refractivity contribution in [3.8, 4) is 0 Å². The number of methoxy groups -OCH3 is 1. The maximum absolute atomic E-state index is 5.06. The highest BCUT2D eigenvalue weighted by Gasteiger charge is 2.02. The van der Waals surface area contributed by atoms with Gasteiger partial charge in [-0.3, -0.25) is 0 Å². The van der Waals surface area contributed by atoms with E-state index < -0.39 is 0 Å². The van der Waals surface area contributed by atoms with E-state index in [1.807, 2.05) is 24.5 Å². The molecule has 0 fully saturated rings. The lowest BCUT2D eigenvalue weighted by Gasteiger charge is -2.10. The number of aryl methyl sites for hydroxylation is 2. The quantitative estimate of drug-likeness (QED) is 0.795. The van der Waals surface area contributed by atoms with E-state index in [1.165, 1.54) is 5.56 Å². The summed E-state index contributed by atoms with van der Waals surface area (Å²) in [5.74, 6) is 0.872. The van der Waals surface area contributed by atoms with Crippen LogP contribution in [0.2, 0.25) is 0 Å². The maximum atomic E-state index is 5.06. The van der Waals surface area contributed by atoms with Crippen LogP contribution in [0.3, 0.4) is 0 Å². The molecule has 0 unspecified atom stereocenters. The average molecular weight is 245 g/mol. The Morgan fingerprint density at radius 3 is 3.06 bits per heavy atom. The molecule has 0 aliphatic carbocycles. The standard InChI is InChI=1S/C14H19N3O/c1-12-5-3-6-13(11-12)16-14-15-7-9-17(14)8-4-10-18-2/h3,5-7,9,11H,4,8,10H2,1-2H3,(H,15,16). The van der Waals surface area contributed by atoms with E-state index in [2.05, 4.69) is 33.9 Å². The zero-order chi connectivity index (χ0) is 12.8. The van der Waals surface area contributed by atoms with E-state index in [1.54, 1.807) is 7.11 Å². The van der Waals surface area contributed by atoms with Crippen LogP contribution in [0, 0.1) is 6.92 Å². The van der Waals surface area contributed by atoms with Gasteiger partial charge < -0.3 is 14.6 Å². The Morgan fingerprint density at radius 1 is 1.39 bits per heavy atom. The van der Waals surface area contributed by atoms with Crippen molar-refractivity contribution in [1.29, 1.82) is 0 Å². The van der Waals surface area contributed by atoms with Gasteiger partial charge in [-0.1, -0.05) is 12.1 Å². The molecular formula is C14H19N3O. The number of hydrogen-bond acceptors (Lipinski definition) is 3. The first kappa shape index (κ1) is 12.6. The minimum absolute atomic E-state index is 0.766. The molecule has 0 spiro atoms. The first-order valence-electron chi connectivity index (χ1n) is 6.13. The molecule has 2 aromatic rings. The van der Waals surface area contributed by atoms with Crippen molar-refractivity contribution in [2.75, 3.05) is 19.0 Å². The largest absolute Gasteiger partial charge is 0.385 e. The van der Waals surface area contributed by atoms with Gasteiger partial charge in [0.15, 0.2) is 0 Å². The topological polar surface area (TPSA) is 39.1 Å². The zero-order valence-corrected chi connectivity index (χ0v) is 10.9. The first-order valence-corrected chi connectivity index (χ1v) is 6.13. The number of aromatic nitrogens is 2. The van der Waals surface area contributed by atoms with Gasteiger partial charge in [0.2, 0.25) is 5.95 Å². The number of nitrogens with one attached hydrogen (secondary N) is 1. The molecule has 96 valence electrons. The fourth-order valence-corrected chi connectivity index (χ4v) is 1.84. The minimum atomic E-state index is 0.766. The summed E-state index contributed by atoms with van der Waals surface area (Å²) in [5.41, 5.74) is 2.30. The van der Waals surface area contributed by atoms with Crippen molar-refractivity contribution in [1.82, 2.24) is 9.55 Å². The highest BCUT2D eigenvalue weighted by molar-refractivity contribution is 5.54. The lowest BCUT2D eigenvalue weighted by atomic mass is 10.2. The summed E-state index contributed by atoms with van der Waals surface area (Å²) >= 11 is 0. The van der Waals surface area contributed by atoms with E-state index in [4.69, 9.17) is 4.74 Å². The monoisotopic (exact) mass is 245 g/mol. The van der Waals surface area contributed by atoms with Gasteiger partial charge in [-0.05, 0) is 31.0 Å². The fraction of sp³-hybridized carbons (Fsp3) is 0.357. The fourth-order valence-electron chi connectivity index (χ4n) is 1.84. The third kappa shape index (κ3) is 3.34. The molecule has 4 nitrogen and oxygen atoms in total. The molecule has 1 aromatic carbocycles. The summed E-state index contributed by atoms with van der Waals surface area (Å²) in [6, 6.07) is 8.27. The SMILES string of the molecule is COCCCn1ccnc1Nc1cccc(C)c1. The van der Waals surface area contributed by atoms with Crippen molar-refractivity contribution < 1.29 is 4.74 Å². The average Bonchev–Trinajstić information content (AvgIpc) is 2.77. The molecule has 18 heavy (non-hydrogen) atoms. The molecule has 1 aromatic heterocycles. The second kappa shape index (κ2) is 6.21. The Hall–Kier alpha value is -1.81. The van der Waals surface area contributed by atoms with Gasteiger partial charge in [0.05, 0.1) is 0 Å². The zero-order valence-electron chi connectivity index (χ0n) is 10.9. The van der Waals surface area contributed by atoms with E-state index >= 15 is 0 Å². The predicted octanol–water partition coefficient (Wildman–Crippen LogP) is 2.97. The Morgan fingerprint density at radius 2 is 2.28 bits per heavy atom. The van der Waals surface area contributed by atoms with Crippen molar-refractivity contribution in [2.45, 2.75) is 19.9 Å². The van der Waals surface area contributed by atoms with Crippen molar-refractivity contribution >= 4 is 11.6 Å². The van der Waals surface area contributed by atoms with Crippen LogP contribution in [0.25, 0.3) is 0 Å². The summed E-state index contributed by atoms with van der Waals surface area (Å²) in [5, 5.41) is 3.33. The number of nitrogens with zero attached hydrogens (tertiary/aromatic N) is 2. The second-order valence-electron chi connectivity index (χ2n) is 4.29. The second-order valence-corrected chi connectivity index (χ2v) is 4.29. The lowest BCUT2D eigenvalue weighted by Crippen LogP contribution is -2.05. The molecule has 4 heteroatoms. The smallest absolute Gasteiger partial charge is 0.207 e. The number of ether oxygens (including phenoxy) is 1. The molecule has 0 atom stereocenters. The molecule has 0 amide bonds. The van der Waals surface area contributed by atoms with Gasteiger partial charge in [0.25, 0.3) is 0 Å². The van der Waals surface area contributed by atoms with Crippen LogP contribution in [0.4, 0.5) is 11.6 Å². The van der Waals surface area contributed by atoms with Gasteiger partial charge in [-0.25, -0.2) is 4.98 Å². The molecular weight excluding hydrogens is 226 g/mol. The summed E-state index contributed by atoms with van der Waals surface area (Å²) in [6.07, 6.45) is 4.77. The Labute approximate surface area is 108 Å². The van der Waals surface area contributed by atoms with Gasteiger partial charge in [-0.15, -0.1) is 0 Å². The predicted molar refractivity (Wildman–Crippen MR) is 73.2 cm³/mol. The number of rotatable bonds is 6. The van der Waals surface area contributed by atoms with Crippen LogP contribution in [0.15, 0.2) is 36.7 Å². The van der Waals surface area contributed by atoms with E-state index in [0.717, 1.165) is 31.2 Å². The summed E-state index contributed by atoms with van der Waals surface area (Å²) in [6.45, 7) is 3.75. The van der Waals surface area contributed by atoms with Crippen LogP contribution in [-0.4, -0.2) is 23.3 Å². The number of benzene rings is 1. The molecule has 0 radical (unpaired) electrons. The third-order valence-electron chi connectivity index (χ3n) is 2.74. The third-order valence-corrected chi connectivity index (χ3v) is 2.74. The molecule has 0 aliphatic rings. The van der Waals surface area contributed by atoms with Crippen molar-refractivity contribution in [2.24, 2.45) is 0 Å². The summed E-state index contributed by atoms with van der Waals surface area (Å²) < 4.78 is 7.16. The molecule has 2 rings (SSSR count). The molecule has 0 bridgehead atoms. The molecule has 0 aliphatic heterocycles. The van der Waals surface area contributed by atoms with Gasteiger partial charge in [0.1, 0.15) is 0 Å². The number of imidazole rings is 1. The number of hydrogen-bond donors (Lipinski definition) is 1. The van der Waals surface area contributed by atoms with E-state index in [-0.39, 0.29) is 0 Å². The maximum Gasteiger partial charge on any atom is 0.207 e. The molecule has 0 saturated carbocycles. The van der Waals surface area contributed by atoms with Crippen LogP contribution in [-0.2, 0) is 11.3 Å². The summed E-state index contributed by atoms with van der Waals surface area (Å²) in [4.78, 5) is 4.33. The lowest BCUT2D eigenvalue weighted by molar-refractivity contribution is 0.190. The van der Waals surface area contributed by atoms with Crippen LogP contribution < -0.4 is 5.32 Å². The van der Waals surface area contributed by atoms with Crippen molar-refractivity contribution in [3.63, 3.8) is 0 Å². The Balaban J connectivity index is 2.03. The van der Waals surface area contributed by atoms with E-state index in [9.17, 15) is 0 Å². The minimum Gasteiger partial charge on any atom is -0.385 e. The van der Waals surface area contributed by atoms with Gasteiger partial charge in [-0.2, -0.15) is 0 Å². The van der Waals surface area contributed by atoms with Gasteiger partial charge >= 0.3 is 0 Å². The highest BCUT2D eigenvalue weighted by atomic mass is 16.5. The molecule has 1 heterocycles. The molecule has 0 saturated heterocycles. The molecule has 1 N–H and O–H groups in total. The van der Waals surface area contributed by atoms with Crippen LogP contribution in [0.5, 0.6) is 0 Å². The van der Waals surface area contributed by atoms with Crippen molar-refractivity contribution in [3.05, 3.63) is 42.2 Å².